The molecule has 0 aliphatic carbocycles. The van der Waals surface area contributed by atoms with Gasteiger partial charge in [0.15, 0.2) is 0 Å². The largest absolute Gasteiger partial charge is 0.334 e. The van der Waals surface area contributed by atoms with Gasteiger partial charge in [0, 0.05) is 19.5 Å². The summed E-state index contributed by atoms with van der Waals surface area (Å²) in [5, 5.41) is 0. The Morgan fingerprint density at radius 3 is 2.35 bits per heavy atom. The quantitative estimate of drug-likeness (QED) is 0.582. The molecule has 1 aromatic heterocycles. The molecule has 0 fully saturated rings. The molecule has 3 aromatic rings. The average molecular weight is 345 g/mol. The molecule has 4 nitrogen and oxygen atoms in total. The zero-order valence-electron chi connectivity index (χ0n) is 14.8. The molecule has 2 aromatic carbocycles. The number of carbonyl (C=O) groups is 1. The fourth-order valence-electron chi connectivity index (χ4n) is 3.04. The highest BCUT2D eigenvalue weighted by molar-refractivity contribution is 5.81. The molecule has 0 unspecified atom stereocenters. The molecule has 0 aliphatic heterocycles. The first kappa shape index (κ1) is 17.7. The van der Waals surface area contributed by atoms with E-state index in [4.69, 9.17) is 4.98 Å². The molecule has 0 spiro atoms. The number of carbonyl (C=O) groups excluding carboxylic acids is 1. The van der Waals surface area contributed by atoms with Gasteiger partial charge in [-0.2, -0.15) is 0 Å². The minimum atomic E-state index is 0.0299. The number of amides is 1. The second-order valence-corrected chi connectivity index (χ2v) is 6.14. The molecule has 4 heteroatoms. The summed E-state index contributed by atoms with van der Waals surface area (Å²) in [5.41, 5.74) is 3.06. The Kier molecular flexibility index (Phi) is 5.64. The average Bonchev–Trinajstić information content (AvgIpc) is 2.99. The van der Waals surface area contributed by atoms with E-state index in [9.17, 15) is 4.79 Å². The summed E-state index contributed by atoms with van der Waals surface area (Å²) in [6, 6.07) is 18.1. The van der Waals surface area contributed by atoms with E-state index in [1.807, 2.05) is 47.0 Å². The Balaban J connectivity index is 1.95. The monoisotopic (exact) mass is 345 g/mol. The number of nitrogens with zero attached hydrogens (tertiary/aromatic N) is 3. The molecule has 0 aliphatic rings. The maximum absolute atomic E-state index is 12.8. The maximum atomic E-state index is 12.8. The molecule has 1 heterocycles. The molecule has 132 valence electrons. The molecular weight excluding hydrogens is 322 g/mol. The van der Waals surface area contributed by atoms with Crippen LogP contribution in [0.2, 0.25) is 0 Å². The van der Waals surface area contributed by atoms with Crippen molar-refractivity contribution in [3.63, 3.8) is 0 Å². The topological polar surface area (TPSA) is 38.1 Å². The van der Waals surface area contributed by atoms with Crippen LogP contribution in [-0.4, -0.2) is 33.4 Å². The van der Waals surface area contributed by atoms with Crippen LogP contribution in [0, 0.1) is 0 Å². The Morgan fingerprint density at radius 1 is 1.00 bits per heavy atom. The summed E-state index contributed by atoms with van der Waals surface area (Å²) in [7, 11) is 0. The number of rotatable bonds is 8. The Morgan fingerprint density at radius 2 is 1.65 bits per heavy atom. The highest BCUT2D eigenvalue weighted by atomic mass is 16.2. The Labute approximate surface area is 154 Å². The van der Waals surface area contributed by atoms with Crippen LogP contribution < -0.4 is 0 Å². The van der Waals surface area contributed by atoms with E-state index in [2.05, 4.69) is 25.3 Å². The summed E-state index contributed by atoms with van der Waals surface area (Å²) in [6.45, 7) is 8.74. The molecule has 0 atom stereocenters. The third-order valence-corrected chi connectivity index (χ3v) is 4.28. The van der Waals surface area contributed by atoms with E-state index in [1.165, 1.54) is 5.56 Å². The van der Waals surface area contributed by atoms with Crippen molar-refractivity contribution >= 4 is 16.9 Å². The number of fused-ring (bicyclic) bond motifs is 1. The van der Waals surface area contributed by atoms with Crippen molar-refractivity contribution in [3.05, 3.63) is 91.3 Å². The van der Waals surface area contributed by atoms with E-state index in [0.29, 0.717) is 19.5 Å². The predicted octanol–water partition coefficient (Wildman–Crippen LogP) is 3.83. The van der Waals surface area contributed by atoms with E-state index < -0.39 is 0 Å². The van der Waals surface area contributed by atoms with Crippen LogP contribution in [0.1, 0.15) is 11.4 Å². The van der Waals surface area contributed by atoms with Gasteiger partial charge in [-0.05, 0) is 17.7 Å². The van der Waals surface area contributed by atoms with Gasteiger partial charge in [0.2, 0.25) is 5.91 Å². The summed E-state index contributed by atoms with van der Waals surface area (Å²) in [5.74, 6) is 0.921. The minimum Gasteiger partial charge on any atom is -0.334 e. The van der Waals surface area contributed by atoms with Crippen LogP contribution in [0.15, 0.2) is 79.9 Å². The Hall–Kier alpha value is -3.14. The van der Waals surface area contributed by atoms with Crippen molar-refractivity contribution in [1.82, 2.24) is 14.5 Å². The van der Waals surface area contributed by atoms with Crippen LogP contribution in [0.3, 0.4) is 0 Å². The first-order chi connectivity index (χ1) is 12.7. The molecule has 0 bridgehead atoms. The fourth-order valence-corrected chi connectivity index (χ4v) is 3.04. The van der Waals surface area contributed by atoms with Crippen molar-refractivity contribution in [2.45, 2.75) is 13.0 Å². The Bertz CT molecular complexity index is 902. The molecule has 0 saturated carbocycles. The number of hydrogen-bond acceptors (Lipinski definition) is 2. The molecule has 0 saturated heterocycles. The molecule has 1 amide bonds. The normalized spacial score (nSPS) is 10.6. The molecule has 0 radical (unpaired) electrons. The third kappa shape index (κ3) is 3.91. The van der Waals surface area contributed by atoms with Gasteiger partial charge in [-0.15, -0.1) is 13.2 Å². The van der Waals surface area contributed by atoms with E-state index in [0.717, 1.165) is 16.9 Å². The lowest BCUT2D eigenvalue weighted by molar-refractivity contribution is -0.130. The van der Waals surface area contributed by atoms with Crippen molar-refractivity contribution in [3.8, 4) is 0 Å². The standard InChI is InChI=1S/C22H23N3O/c1-3-14-24(15-4-2)22(26)17-25-20-13-9-8-12-19(20)23-21(25)16-18-10-6-5-7-11-18/h3-13H,1-2,14-17H2. The van der Waals surface area contributed by atoms with Crippen LogP contribution in [-0.2, 0) is 17.8 Å². The fraction of sp³-hybridized carbons (Fsp3) is 0.182. The van der Waals surface area contributed by atoms with E-state index in [-0.39, 0.29) is 12.5 Å². The van der Waals surface area contributed by atoms with Crippen LogP contribution in [0.25, 0.3) is 11.0 Å². The molecule has 3 rings (SSSR count). The second kappa shape index (κ2) is 8.30. The zero-order valence-corrected chi connectivity index (χ0v) is 14.8. The van der Waals surface area contributed by atoms with E-state index >= 15 is 0 Å². The van der Waals surface area contributed by atoms with Gasteiger partial charge >= 0.3 is 0 Å². The number of aromatic nitrogens is 2. The lowest BCUT2D eigenvalue weighted by atomic mass is 10.1. The lowest BCUT2D eigenvalue weighted by Crippen LogP contribution is -2.34. The third-order valence-electron chi connectivity index (χ3n) is 4.28. The van der Waals surface area contributed by atoms with Gasteiger partial charge in [-0.1, -0.05) is 54.6 Å². The summed E-state index contributed by atoms with van der Waals surface area (Å²) >= 11 is 0. The number of benzene rings is 2. The number of para-hydroxylation sites is 2. The van der Waals surface area contributed by atoms with Crippen molar-refractivity contribution in [1.29, 1.82) is 0 Å². The van der Waals surface area contributed by atoms with Crippen LogP contribution in [0.4, 0.5) is 0 Å². The van der Waals surface area contributed by atoms with Gasteiger partial charge < -0.3 is 9.47 Å². The van der Waals surface area contributed by atoms with Crippen molar-refractivity contribution in [2.24, 2.45) is 0 Å². The van der Waals surface area contributed by atoms with E-state index in [1.54, 1.807) is 17.1 Å². The van der Waals surface area contributed by atoms with Crippen LogP contribution in [0.5, 0.6) is 0 Å². The molecular formula is C22H23N3O. The second-order valence-electron chi connectivity index (χ2n) is 6.14. The predicted molar refractivity (Wildman–Crippen MR) is 106 cm³/mol. The van der Waals surface area contributed by atoms with Gasteiger partial charge in [0.1, 0.15) is 12.4 Å². The first-order valence-electron chi connectivity index (χ1n) is 8.70. The number of hydrogen-bond donors (Lipinski definition) is 0. The first-order valence-corrected chi connectivity index (χ1v) is 8.70. The van der Waals surface area contributed by atoms with Gasteiger partial charge in [0.05, 0.1) is 11.0 Å². The summed E-state index contributed by atoms with van der Waals surface area (Å²) in [6.07, 6.45) is 4.16. The summed E-state index contributed by atoms with van der Waals surface area (Å²) < 4.78 is 2.02. The van der Waals surface area contributed by atoms with Gasteiger partial charge in [-0.3, -0.25) is 4.79 Å². The lowest BCUT2D eigenvalue weighted by Gasteiger charge is -2.20. The molecule has 0 N–H and O–H groups in total. The highest BCUT2D eigenvalue weighted by Gasteiger charge is 2.17. The minimum absolute atomic E-state index is 0.0299. The number of imidazole rings is 1. The zero-order chi connectivity index (χ0) is 18.4. The van der Waals surface area contributed by atoms with Gasteiger partial charge in [-0.25, -0.2) is 4.98 Å². The maximum Gasteiger partial charge on any atom is 0.243 e. The smallest absolute Gasteiger partial charge is 0.243 e. The highest BCUT2D eigenvalue weighted by Crippen LogP contribution is 2.19. The summed E-state index contributed by atoms with van der Waals surface area (Å²) in [4.78, 5) is 19.3. The van der Waals surface area contributed by atoms with Crippen LogP contribution >= 0.6 is 0 Å². The van der Waals surface area contributed by atoms with Crippen molar-refractivity contribution < 1.29 is 4.79 Å². The SMILES string of the molecule is C=CCN(CC=C)C(=O)Cn1c(Cc2ccccc2)nc2ccccc21. The van der Waals surface area contributed by atoms with Crippen molar-refractivity contribution in [2.75, 3.05) is 13.1 Å². The van der Waals surface area contributed by atoms with Gasteiger partial charge in [0.25, 0.3) is 0 Å². The molecule has 26 heavy (non-hydrogen) atoms.